The molecule has 0 spiro atoms. The lowest BCUT2D eigenvalue weighted by Gasteiger charge is -2.25. The number of nitrogens with zero attached hydrogens (tertiary/aromatic N) is 1. The predicted octanol–water partition coefficient (Wildman–Crippen LogP) is 3.05. The molecule has 3 heteroatoms. The van der Waals surface area contributed by atoms with Crippen molar-refractivity contribution < 1.29 is 4.74 Å². The van der Waals surface area contributed by atoms with Gasteiger partial charge in [-0.05, 0) is 24.1 Å². The summed E-state index contributed by atoms with van der Waals surface area (Å²) in [6.45, 7) is 3.65. The third-order valence-electron chi connectivity index (χ3n) is 4.11. The third kappa shape index (κ3) is 1.90. The van der Waals surface area contributed by atoms with Gasteiger partial charge >= 0.3 is 0 Å². The molecule has 0 amide bonds. The van der Waals surface area contributed by atoms with Crippen molar-refractivity contribution in [3.63, 3.8) is 0 Å². The SMILES string of the molecule is c1ccc2c(c1)CCN2Cc1cccc2c1OCCN2. The van der Waals surface area contributed by atoms with Gasteiger partial charge in [0.1, 0.15) is 12.4 Å². The van der Waals surface area contributed by atoms with Gasteiger partial charge < -0.3 is 15.0 Å². The molecule has 2 aromatic carbocycles. The van der Waals surface area contributed by atoms with Gasteiger partial charge in [0.05, 0.1) is 5.69 Å². The highest BCUT2D eigenvalue weighted by Gasteiger charge is 2.21. The lowest BCUT2D eigenvalue weighted by molar-refractivity contribution is 0.319. The second kappa shape index (κ2) is 4.75. The first-order valence-corrected chi connectivity index (χ1v) is 7.23. The first kappa shape index (κ1) is 11.6. The highest BCUT2D eigenvalue weighted by molar-refractivity contribution is 5.64. The molecule has 2 aliphatic heterocycles. The molecular weight excluding hydrogens is 248 g/mol. The maximum Gasteiger partial charge on any atom is 0.147 e. The van der Waals surface area contributed by atoms with E-state index < -0.39 is 0 Å². The number of benzene rings is 2. The number of nitrogens with one attached hydrogen (secondary N) is 1. The summed E-state index contributed by atoms with van der Waals surface area (Å²) >= 11 is 0. The van der Waals surface area contributed by atoms with Gasteiger partial charge in [-0.25, -0.2) is 0 Å². The summed E-state index contributed by atoms with van der Waals surface area (Å²) in [6, 6.07) is 15.1. The van der Waals surface area contributed by atoms with E-state index in [9.17, 15) is 0 Å². The summed E-state index contributed by atoms with van der Waals surface area (Å²) in [5.74, 6) is 1.03. The Morgan fingerprint density at radius 2 is 2.05 bits per heavy atom. The van der Waals surface area contributed by atoms with E-state index in [4.69, 9.17) is 4.74 Å². The molecule has 0 saturated heterocycles. The minimum atomic E-state index is 0.751. The van der Waals surface area contributed by atoms with Crippen LogP contribution in [0.2, 0.25) is 0 Å². The van der Waals surface area contributed by atoms with E-state index in [0.717, 1.165) is 44.1 Å². The molecule has 0 bridgehead atoms. The Hall–Kier alpha value is -2.16. The molecule has 0 unspecified atom stereocenters. The Kier molecular flexibility index (Phi) is 2.76. The second-order valence-electron chi connectivity index (χ2n) is 5.37. The monoisotopic (exact) mass is 266 g/mol. The Morgan fingerprint density at radius 1 is 1.10 bits per heavy atom. The summed E-state index contributed by atoms with van der Waals surface area (Å²) < 4.78 is 5.86. The van der Waals surface area contributed by atoms with Crippen molar-refractivity contribution in [1.82, 2.24) is 0 Å². The van der Waals surface area contributed by atoms with Crippen LogP contribution in [0.4, 0.5) is 11.4 Å². The zero-order valence-electron chi connectivity index (χ0n) is 11.4. The molecule has 20 heavy (non-hydrogen) atoms. The lowest BCUT2D eigenvalue weighted by Crippen LogP contribution is -2.23. The van der Waals surface area contributed by atoms with Crippen LogP contribution in [0.25, 0.3) is 0 Å². The van der Waals surface area contributed by atoms with Gasteiger partial charge in [0.15, 0.2) is 0 Å². The van der Waals surface area contributed by atoms with Crippen LogP contribution in [0.15, 0.2) is 42.5 Å². The molecular formula is C17H18N2O. The molecule has 0 saturated carbocycles. The Morgan fingerprint density at radius 3 is 3.05 bits per heavy atom. The maximum atomic E-state index is 5.86. The summed E-state index contributed by atoms with van der Waals surface area (Å²) in [4.78, 5) is 2.45. The molecule has 0 radical (unpaired) electrons. The topological polar surface area (TPSA) is 24.5 Å². The minimum Gasteiger partial charge on any atom is -0.489 e. The summed E-state index contributed by atoms with van der Waals surface area (Å²) in [5, 5.41) is 3.40. The molecule has 0 aliphatic carbocycles. The van der Waals surface area contributed by atoms with E-state index in [1.807, 2.05) is 0 Å². The normalized spacial score (nSPS) is 16.1. The van der Waals surface area contributed by atoms with Crippen molar-refractivity contribution in [2.24, 2.45) is 0 Å². The van der Waals surface area contributed by atoms with E-state index in [-0.39, 0.29) is 0 Å². The van der Waals surface area contributed by atoms with Crippen molar-refractivity contribution in [3.8, 4) is 5.75 Å². The average molecular weight is 266 g/mol. The fraction of sp³-hybridized carbons (Fsp3) is 0.294. The molecule has 2 aliphatic rings. The maximum absolute atomic E-state index is 5.86. The van der Waals surface area contributed by atoms with Gasteiger partial charge in [-0.3, -0.25) is 0 Å². The van der Waals surface area contributed by atoms with Crippen LogP contribution in [0.5, 0.6) is 5.75 Å². The molecule has 4 rings (SSSR count). The van der Waals surface area contributed by atoms with Gasteiger partial charge in [0.25, 0.3) is 0 Å². The highest BCUT2D eigenvalue weighted by Crippen LogP contribution is 2.35. The number of ether oxygens (including phenoxy) is 1. The van der Waals surface area contributed by atoms with Gasteiger partial charge in [-0.2, -0.15) is 0 Å². The number of fused-ring (bicyclic) bond motifs is 2. The van der Waals surface area contributed by atoms with E-state index in [1.54, 1.807) is 0 Å². The fourth-order valence-electron chi connectivity index (χ4n) is 3.13. The molecule has 2 heterocycles. The van der Waals surface area contributed by atoms with Crippen molar-refractivity contribution in [3.05, 3.63) is 53.6 Å². The molecule has 0 atom stereocenters. The largest absolute Gasteiger partial charge is 0.489 e. The van der Waals surface area contributed by atoms with Crippen molar-refractivity contribution in [2.45, 2.75) is 13.0 Å². The summed E-state index contributed by atoms with van der Waals surface area (Å²) in [5.41, 5.74) is 5.22. The third-order valence-corrected chi connectivity index (χ3v) is 4.11. The molecule has 3 nitrogen and oxygen atoms in total. The average Bonchev–Trinajstić information content (AvgIpc) is 2.91. The van der Waals surface area contributed by atoms with Crippen molar-refractivity contribution >= 4 is 11.4 Å². The molecule has 0 fully saturated rings. The first-order chi connectivity index (χ1) is 9.92. The standard InChI is InChI=1S/C17H18N2O/c1-2-7-16-13(4-1)8-10-19(16)12-14-5-3-6-15-17(14)20-11-9-18-15/h1-7,18H,8-12H2. The molecule has 2 aromatic rings. The lowest BCUT2D eigenvalue weighted by atomic mass is 10.1. The van der Waals surface area contributed by atoms with E-state index in [0.29, 0.717) is 0 Å². The number of para-hydroxylation sites is 2. The van der Waals surface area contributed by atoms with Crippen LogP contribution in [0.1, 0.15) is 11.1 Å². The van der Waals surface area contributed by atoms with Crippen LogP contribution in [0.3, 0.4) is 0 Å². The van der Waals surface area contributed by atoms with Crippen LogP contribution in [-0.4, -0.2) is 19.7 Å². The van der Waals surface area contributed by atoms with Crippen LogP contribution in [0, 0.1) is 0 Å². The molecule has 1 N–H and O–H groups in total. The molecule has 0 aromatic heterocycles. The second-order valence-corrected chi connectivity index (χ2v) is 5.37. The number of anilines is 2. The Balaban J connectivity index is 1.65. The van der Waals surface area contributed by atoms with Gasteiger partial charge in [-0.15, -0.1) is 0 Å². The Labute approximate surface area is 119 Å². The Bertz CT molecular complexity index is 639. The van der Waals surface area contributed by atoms with Crippen molar-refractivity contribution in [1.29, 1.82) is 0 Å². The smallest absolute Gasteiger partial charge is 0.147 e. The zero-order valence-corrected chi connectivity index (χ0v) is 11.4. The van der Waals surface area contributed by atoms with Crippen LogP contribution in [-0.2, 0) is 13.0 Å². The van der Waals surface area contributed by atoms with Gasteiger partial charge in [0.2, 0.25) is 0 Å². The van der Waals surface area contributed by atoms with Crippen molar-refractivity contribution in [2.75, 3.05) is 29.9 Å². The number of rotatable bonds is 2. The minimum absolute atomic E-state index is 0.751. The van der Waals surface area contributed by atoms with Crippen LogP contribution < -0.4 is 15.0 Å². The summed E-state index contributed by atoms with van der Waals surface area (Å²) in [7, 11) is 0. The summed E-state index contributed by atoms with van der Waals surface area (Å²) in [6.07, 6.45) is 1.14. The van der Waals surface area contributed by atoms with Crippen LogP contribution >= 0.6 is 0 Å². The number of hydrogen-bond acceptors (Lipinski definition) is 3. The van der Waals surface area contributed by atoms with E-state index >= 15 is 0 Å². The molecule has 102 valence electrons. The van der Waals surface area contributed by atoms with Gasteiger partial charge in [0, 0.05) is 30.9 Å². The number of hydrogen-bond donors (Lipinski definition) is 1. The van der Waals surface area contributed by atoms with E-state index in [2.05, 4.69) is 52.7 Å². The van der Waals surface area contributed by atoms with Gasteiger partial charge in [-0.1, -0.05) is 30.3 Å². The highest BCUT2D eigenvalue weighted by atomic mass is 16.5. The first-order valence-electron chi connectivity index (χ1n) is 7.23. The fourth-order valence-corrected chi connectivity index (χ4v) is 3.13. The quantitative estimate of drug-likeness (QED) is 0.904. The van der Waals surface area contributed by atoms with E-state index in [1.165, 1.54) is 16.8 Å². The zero-order chi connectivity index (χ0) is 13.4. The predicted molar refractivity (Wildman–Crippen MR) is 81.6 cm³/mol.